The summed E-state index contributed by atoms with van der Waals surface area (Å²) in [6.07, 6.45) is 9.51. The lowest BCUT2D eigenvalue weighted by atomic mass is 9.86. The van der Waals surface area contributed by atoms with Gasteiger partial charge in [-0.25, -0.2) is 0 Å². The Morgan fingerprint density at radius 1 is 1.39 bits per heavy atom. The number of likely N-dealkylation sites (tertiary alicyclic amines) is 1. The molecule has 1 saturated carbocycles. The Kier molecular flexibility index (Phi) is 5.60. The maximum Gasteiger partial charge on any atom is 0.194 e. The predicted octanol–water partition coefficient (Wildman–Crippen LogP) is 2.68. The lowest BCUT2D eigenvalue weighted by Gasteiger charge is -2.26. The van der Waals surface area contributed by atoms with Crippen molar-refractivity contribution in [3.63, 3.8) is 0 Å². The summed E-state index contributed by atoms with van der Waals surface area (Å²) in [5, 5.41) is 3.53. The van der Waals surface area contributed by atoms with Gasteiger partial charge in [-0.1, -0.05) is 12.8 Å². The summed E-state index contributed by atoms with van der Waals surface area (Å²) < 4.78 is 10.5. The van der Waals surface area contributed by atoms with Crippen molar-refractivity contribution < 1.29 is 9.15 Å². The monoisotopic (exact) mass is 319 g/mol. The van der Waals surface area contributed by atoms with Crippen LogP contribution < -0.4 is 5.32 Å². The van der Waals surface area contributed by atoms with E-state index >= 15 is 0 Å². The molecule has 23 heavy (non-hydrogen) atoms. The fourth-order valence-corrected chi connectivity index (χ4v) is 3.91. The van der Waals surface area contributed by atoms with Crippen LogP contribution in [0.5, 0.6) is 0 Å². The first kappa shape index (κ1) is 16.4. The van der Waals surface area contributed by atoms with Crippen LogP contribution in [-0.4, -0.2) is 50.8 Å². The molecule has 1 saturated heterocycles. The Hall–Kier alpha value is -1.49. The lowest BCUT2D eigenvalue weighted by Crippen LogP contribution is -2.42. The highest BCUT2D eigenvalue weighted by molar-refractivity contribution is 5.80. The summed E-state index contributed by atoms with van der Waals surface area (Å²) in [5.74, 6) is 2.06. The lowest BCUT2D eigenvalue weighted by molar-refractivity contribution is 0.207. The largest absolute Gasteiger partial charge is 0.469 e. The normalized spacial score (nSPS) is 20.6. The number of nitrogens with zero attached hydrogens (tertiary/aromatic N) is 2. The summed E-state index contributed by atoms with van der Waals surface area (Å²) in [7, 11) is 1.73. The van der Waals surface area contributed by atoms with Crippen molar-refractivity contribution >= 4 is 5.96 Å². The Morgan fingerprint density at radius 2 is 2.26 bits per heavy atom. The molecule has 1 aliphatic carbocycles. The number of aliphatic imine (C=N–C) groups is 1. The summed E-state index contributed by atoms with van der Waals surface area (Å²) in [5.41, 5.74) is 0.560. The van der Waals surface area contributed by atoms with Gasteiger partial charge in [0.2, 0.25) is 0 Å². The number of methoxy groups -OCH3 is 1. The molecule has 0 aromatic carbocycles. The van der Waals surface area contributed by atoms with E-state index in [-0.39, 0.29) is 0 Å². The number of rotatable bonds is 6. The zero-order valence-electron chi connectivity index (χ0n) is 14.2. The molecule has 1 aromatic heterocycles. The van der Waals surface area contributed by atoms with Crippen LogP contribution in [0.15, 0.2) is 27.8 Å². The number of ether oxygens (including phenoxy) is 1. The smallest absolute Gasteiger partial charge is 0.194 e. The molecule has 0 bridgehead atoms. The van der Waals surface area contributed by atoms with Gasteiger partial charge in [-0.15, -0.1) is 0 Å². The molecule has 0 amide bonds. The highest BCUT2D eigenvalue weighted by Crippen LogP contribution is 2.45. The summed E-state index contributed by atoms with van der Waals surface area (Å²) in [6.45, 7) is 4.51. The molecule has 128 valence electrons. The molecular formula is C18H29N3O2. The second kappa shape index (κ2) is 7.86. The average Bonchev–Trinajstić information content (AvgIpc) is 3.30. The van der Waals surface area contributed by atoms with E-state index in [0.29, 0.717) is 18.6 Å². The van der Waals surface area contributed by atoms with E-state index in [0.717, 1.165) is 37.8 Å². The van der Waals surface area contributed by atoms with Crippen LogP contribution in [0.25, 0.3) is 0 Å². The number of hydrogen-bond donors (Lipinski definition) is 1. The van der Waals surface area contributed by atoms with Crippen molar-refractivity contribution in [3.05, 3.63) is 24.2 Å². The highest BCUT2D eigenvalue weighted by Gasteiger charge is 2.41. The van der Waals surface area contributed by atoms with Crippen LogP contribution in [0.1, 0.15) is 37.9 Å². The molecule has 0 radical (unpaired) electrons. The molecule has 2 heterocycles. The van der Waals surface area contributed by atoms with Gasteiger partial charge in [0.05, 0.1) is 19.4 Å². The standard InChI is InChI=1S/C18H29N3O2/c1-22-14-11-20-17(19-10-6-16-5-4-13-23-16)21-12-9-18(15-21)7-2-3-8-18/h4-5,13H,2-3,6-12,14-15H2,1H3,(H,19,20). The predicted molar refractivity (Wildman–Crippen MR) is 91.7 cm³/mol. The van der Waals surface area contributed by atoms with Gasteiger partial charge >= 0.3 is 0 Å². The van der Waals surface area contributed by atoms with Crippen molar-refractivity contribution in [1.82, 2.24) is 10.2 Å². The van der Waals surface area contributed by atoms with Crippen LogP contribution in [0.3, 0.4) is 0 Å². The maximum absolute atomic E-state index is 5.40. The molecule has 1 aromatic rings. The maximum atomic E-state index is 5.40. The first-order valence-corrected chi connectivity index (χ1v) is 8.86. The third kappa shape index (κ3) is 4.28. The third-order valence-corrected chi connectivity index (χ3v) is 5.19. The molecular weight excluding hydrogens is 290 g/mol. The zero-order chi connectivity index (χ0) is 16.0. The molecule has 1 spiro atoms. The molecule has 0 unspecified atom stereocenters. The zero-order valence-corrected chi connectivity index (χ0v) is 14.2. The summed E-state index contributed by atoms with van der Waals surface area (Å²) >= 11 is 0. The second-order valence-corrected chi connectivity index (χ2v) is 6.83. The number of furan rings is 1. The van der Waals surface area contributed by atoms with Crippen LogP contribution in [0, 0.1) is 5.41 Å². The van der Waals surface area contributed by atoms with Crippen molar-refractivity contribution in [2.45, 2.75) is 38.5 Å². The average molecular weight is 319 g/mol. The molecule has 5 heteroatoms. The molecule has 2 aliphatic rings. The first-order valence-electron chi connectivity index (χ1n) is 8.86. The summed E-state index contributed by atoms with van der Waals surface area (Å²) in [6, 6.07) is 3.96. The van der Waals surface area contributed by atoms with Gasteiger partial charge in [0.25, 0.3) is 0 Å². The molecule has 0 atom stereocenters. The number of hydrogen-bond acceptors (Lipinski definition) is 3. The van der Waals surface area contributed by atoms with E-state index < -0.39 is 0 Å². The minimum absolute atomic E-state index is 0.560. The Labute approximate surface area is 139 Å². The van der Waals surface area contributed by atoms with Crippen molar-refractivity contribution in [3.8, 4) is 0 Å². The Balaban J connectivity index is 1.55. The van der Waals surface area contributed by atoms with E-state index in [1.165, 1.54) is 32.1 Å². The minimum Gasteiger partial charge on any atom is -0.469 e. The van der Waals surface area contributed by atoms with Gasteiger partial charge in [0.15, 0.2) is 5.96 Å². The van der Waals surface area contributed by atoms with Gasteiger partial charge in [-0.2, -0.15) is 0 Å². The van der Waals surface area contributed by atoms with Gasteiger partial charge in [-0.3, -0.25) is 4.99 Å². The molecule has 1 aliphatic heterocycles. The van der Waals surface area contributed by atoms with Crippen LogP contribution in [-0.2, 0) is 11.2 Å². The number of guanidine groups is 1. The topological polar surface area (TPSA) is 50.0 Å². The van der Waals surface area contributed by atoms with E-state index in [4.69, 9.17) is 14.1 Å². The molecule has 2 fully saturated rings. The van der Waals surface area contributed by atoms with E-state index in [2.05, 4.69) is 10.2 Å². The quantitative estimate of drug-likeness (QED) is 0.497. The SMILES string of the molecule is COCCN=C(NCCc1ccco1)N1CCC2(CCCC2)C1. The highest BCUT2D eigenvalue weighted by atomic mass is 16.5. The van der Waals surface area contributed by atoms with Crippen LogP contribution in [0.4, 0.5) is 0 Å². The third-order valence-electron chi connectivity index (χ3n) is 5.19. The van der Waals surface area contributed by atoms with E-state index in [9.17, 15) is 0 Å². The van der Waals surface area contributed by atoms with Crippen LogP contribution in [0.2, 0.25) is 0 Å². The van der Waals surface area contributed by atoms with Gasteiger partial charge in [0.1, 0.15) is 5.76 Å². The fraction of sp³-hybridized carbons (Fsp3) is 0.722. The minimum atomic E-state index is 0.560. The number of nitrogens with one attached hydrogen (secondary N) is 1. The van der Waals surface area contributed by atoms with E-state index in [1.807, 2.05) is 12.1 Å². The summed E-state index contributed by atoms with van der Waals surface area (Å²) in [4.78, 5) is 7.19. The van der Waals surface area contributed by atoms with Gasteiger partial charge in [0, 0.05) is 33.2 Å². The van der Waals surface area contributed by atoms with Gasteiger partial charge in [-0.05, 0) is 36.8 Å². The van der Waals surface area contributed by atoms with Gasteiger partial charge < -0.3 is 19.4 Å². The molecule has 1 N–H and O–H groups in total. The Bertz CT molecular complexity index is 492. The van der Waals surface area contributed by atoms with Crippen molar-refractivity contribution in [2.24, 2.45) is 10.4 Å². The Morgan fingerprint density at radius 3 is 3.00 bits per heavy atom. The first-order chi connectivity index (χ1) is 11.3. The fourth-order valence-electron chi connectivity index (χ4n) is 3.91. The molecule has 5 nitrogen and oxygen atoms in total. The van der Waals surface area contributed by atoms with E-state index in [1.54, 1.807) is 13.4 Å². The second-order valence-electron chi connectivity index (χ2n) is 6.83. The molecule has 3 rings (SSSR count). The van der Waals surface area contributed by atoms with Crippen LogP contribution >= 0.6 is 0 Å². The van der Waals surface area contributed by atoms with Crippen molar-refractivity contribution in [2.75, 3.05) is 39.9 Å². The van der Waals surface area contributed by atoms with Crippen molar-refractivity contribution in [1.29, 1.82) is 0 Å².